The molecule has 1 fully saturated rings. The fraction of sp³-hybridized carbons (Fsp3) is 0.583. The molecule has 82 valence electrons. The van der Waals surface area contributed by atoms with Crippen LogP contribution in [0.1, 0.15) is 18.4 Å². The van der Waals surface area contributed by atoms with Crippen LogP contribution in [0.3, 0.4) is 0 Å². The van der Waals surface area contributed by atoms with E-state index in [4.69, 9.17) is 0 Å². The van der Waals surface area contributed by atoms with Gasteiger partial charge in [0.05, 0.1) is 0 Å². The lowest BCUT2D eigenvalue weighted by Gasteiger charge is -2.23. The molecule has 1 aromatic heterocycles. The number of nitrogens with one attached hydrogen (secondary N) is 1. The van der Waals surface area contributed by atoms with Gasteiger partial charge in [0.15, 0.2) is 0 Å². The van der Waals surface area contributed by atoms with Crippen molar-refractivity contribution >= 4 is 0 Å². The minimum atomic E-state index is 0.126. The molecule has 1 unspecified atom stereocenters. The lowest BCUT2D eigenvalue weighted by Crippen LogP contribution is -2.34. The van der Waals surface area contributed by atoms with Gasteiger partial charge >= 0.3 is 0 Å². The first-order chi connectivity index (χ1) is 7.25. The number of rotatable bonds is 2. The van der Waals surface area contributed by atoms with E-state index >= 15 is 0 Å². The van der Waals surface area contributed by atoms with E-state index in [1.165, 1.54) is 12.8 Å². The van der Waals surface area contributed by atoms with Gasteiger partial charge in [-0.15, -0.1) is 0 Å². The molecule has 2 heterocycles. The number of aromatic nitrogens is 1. The summed E-state index contributed by atoms with van der Waals surface area (Å²) in [5.74, 6) is 0.610. The molecular weight excluding hydrogens is 188 g/mol. The highest BCUT2D eigenvalue weighted by atomic mass is 16.1. The Kier molecular flexibility index (Phi) is 3.21. The second-order valence-corrected chi connectivity index (χ2v) is 4.41. The van der Waals surface area contributed by atoms with Crippen LogP contribution in [-0.2, 0) is 6.54 Å². The van der Waals surface area contributed by atoms with Crippen molar-refractivity contribution in [3.63, 3.8) is 0 Å². The van der Waals surface area contributed by atoms with Crippen LogP contribution < -0.4 is 10.9 Å². The maximum atomic E-state index is 11.7. The van der Waals surface area contributed by atoms with Gasteiger partial charge in [-0.05, 0) is 50.4 Å². The molecule has 0 spiro atoms. The van der Waals surface area contributed by atoms with Crippen LogP contribution in [0, 0.1) is 12.8 Å². The van der Waals surface area contributed by atoms with E-state index in [0.29, 0.717) is 5.92 Å². The summed E-state index contributed by atoms with van der Waals surface area (Å²) in [6, 6.07) is 3.70. The largest absolute Gasteiger partial charge is 0.316 e. The molecule has 0 bridgehead atoms. The zero-order valence-electron chi connectivity index (χ0n) is 9.20. The van der Waals surface area contributed by atoms with Crippen molar-refractivity contribution in [2.75, 3.05) is 13.1 Å². The second kappa shape index (κ2) is 4.62. The van der Waals surface area contributed by atoms with Gasteiger partial charge < -0.3 is 9.88 Å². The maximum Gasteiger partial charge on any atom is 0.250 e. The van der Waals surface area contributed by atoms with Gasteiger partial charge in [-0.2, -0.15) is 0 Å². The monoisotopic (exact) mass is 206 g/mol. The molecule has 0 aliphatic carbocycles. The smallest absolute Gasteiger partial charge is 0.250 e. The van der Waals surface area contributed by atoms with Crippen LogP contribution >= 0.6 is 0 Å². The fourth-order valence-electron chi connectivity index (χ4n) is 2.12. The number of piperidine rings is 1. The van der Waals surface area contributed by atoms with Crippen molar-refractivity contribution in [3.05, 3.63) is 34.2 Å². The number of pyridine rings is 1. The van der Waals surface area contributed by atoms with Gasteiger partial charge in [-0.3, -0.25) is 4.79 Å². The van der Waals surface area contributed by atoms with Gasteiger partial charge in [0.1, 0.15) is 0 Å². The molecule has 0 aromatic carbocycles. The van der Waals surface area contributed by atoms with Crippen molar-refractivity contribution < 1.29 is 0 Å². The summed E-state index contributed by atoms with van der Waals surface area (Å²) >= 11 is 0. The van der Waals surface area contributed by atoms with Crippen molar-refractivity contribution in [2.45, 2.75) is 26.3 Å². The molecule has 3 heteroatoms. The highest BCUT2D eigenvalue weighted by Gasteiger charge is 2.13. The molecule has 1 atom stereocenters. The average Bonchev–Trinajstić information content (AvgIpc) is 2.24. The summed E-state index contributed by atoms with van der Waals surface area (Å²) in [5, 5.41) is 3.37. The minimum absolute atomic E-state index is 0.126. The van der Waals surface area contributed by atoms with Crippen LogP contribution in [0.25, 0.3) is 0 Å². The summed E-state index contributed by atoms with van der Waals surface area (Å²) < 4.78 is 1.82. The predicted octanol–water partition coefficient (Wildman–Crippen LogP) is 1.16. The van der Waals surface area contributed by atoms with Gasteiger partial charge in [-0.1, -0.05) is 0 Å². The fourth-order valence-corrected chi connectivity index (χ4v) is 2.12. The van der Waals surface area contributed by atoms with Crippen LogP contribution in [0.15, 0.2) is 23.1 Å². The third-order valence-corrected chi connectivity index (χ3v) is 3.01. The molecule has 0 radical (unpaired) electrons. The number of aryl methyl sites for hydroxylation is 1. The van der Waals surface area contributed by atoms with E-state index in [1.807, 2.05) is 23.8 Å². The Labute approximate surface area is 90.1 Å². The number of nitrogens with zero attached hydrogens (tertiary/aromatic N) is 1. The van der Waals surface area contributed by atoms with E-state index in [9.17, 15) is 4.79 Å². The van der Waals surface area contributed by atoms with E-state index in [2.05, 4.69) is 5.32 Å². The quantitative estimate of drug-likeness (QED) is 0.787. The highest BCUT2D eigenvalue weighted by molar-refractivity contribution is 5.08. The first-order valence-corrected chi connectivity index (χ1v) is 5.63. The van der Waals surface area contributed by atoms with E-state index < -0.39 is 0 Å². The number of hydrogen-bond acceptors (Lipinski definition) is 2. The highest BCUT2D eigenvalue weighted by Crippen LogP contribution is 2.11. The van der Waals surface area contributed by atoms with E-state index in [1.54, 1.807) is 6.07 Å². The van der Waals surface area contributed by atoms with Crippen LogP contribution in [0.5, 0.6) is 0 Å². The summed E-state index contributed by atoms with van der Waals surface area (Å²) in [4.78, 5) is 11.7. The Bertz CT molecular complexity index is 377. The van der Waals surface area contributed by atoms with Crippen molar-refractivity contribution in [3.8, 4) is 0 Å². The lowest BCUT2D eigenvalue weighted by molar-refractivity contribution is 0.334. The summed E-state index contributed by atoms with van der Waals surface area (Å²) in [5.41, 5.74) is 1.17. The third kappa shape index (κ3) is 2.69. The van der Waals surface area contributed by atoms with Gasteiger partial charge in [0.25, 0.3) is 5.56 Å². The first kappa shape index (κ1) is 10.4. The molecule has 1 aliphatic rings. The molecule has 0 amide bonds. The van der Waals surface area contributed by atoms with Crippen molar-refractivity contribution in [1.82, 2.24) is 9.88 Å². The molecule has 3 nitrogen and oxygen atoms in total. The van der Waals surface area contributed by atoms with Crippen LogP contribution in [0.4, 0.5) is 0 Å². The predicted molar refractivity (Wildman–Crippen MR) is 61.0 cm³/mol. The zero-order valence-corrected chi connectivity index (χ0v) is 9.20. The molecule has 2 rings (SSSR count). The summed E-state index contributed by atoms with van der Waals surface area (Å²) in [6.07, 6.45) is 4.37. The van der Waals surface area contributed by atoms with Crippen LogP contribution in [0.2, 0.25) is 0 Å². The average molecular weight is 206 g/mol. The van der Waals surface area contributed by atoms with Gasteiger partial charge in [0, 0.05) is 18.8 Å². The minimum Gasteiger partial charge on any atom is -0.316 e. The topological polar surface area (TPSA) is 34.0 Å². The zero-order chi connectivity index (χ0) is 10.7. The molecule has 0 saturated carbocycles. The third-order valence-electron chi connectivity index (χ3n) is 3.01. The molecule has 1 saturated heterocycles. The number of hydrogen-bond donors (Lipinski definition) is 1. The molecular formula is C12H18N2O. The maximum absolute atomic E-state index is 11.7. The van der Waals surface area contributed by atoms with E-state index in [0.717, 1.165) is 25.2 Å². The van der Waals surface area contributed by atoms with Gasteiger partial charge in [-0.25, -0.2) is 0 Å². The Morgan fingerprint density at radius 2 is 2.47 bits per heavy atom. The lowest BCUT2D eigenvalue weighted by atomic mass is 9.99. The Morgan fingerprint density at radius 3 is 3.13 bits per heavy atom. The van der Waals surface area contributed by atoms with Gasteiger partial charge in [0.2, 0.25) is 0 Å². The molecule has 15 heavy (non-hydrogen) atoms. The SMILES string of the molecule is Cc1ccn(CC2CCCNC2)c(=O)c1. The Morgan fingerprint density at radius 1 is 1.60 bits per heavy atom. The summed E-state index contributed by atoms with van der Waals surface area (Å²) in [7, 11) is 0. The Balaban J connectivity index is 2.06. The first-order valence-electron chi connectivity index (χ1n) is 5.63. The van der Waals surface area contributed by atoms with E-state index in [-0.39, 0.29) is 5.56 Å². The second-order valence-electron chi connectivity index (χ2n) is 4.41. The molecule has 1 N–H and O–H groups in total. The summed E-state index contributed by atoms with van der Waals surface area (Å²) in [6.45, 7) is 4.97. The standard InChI is InChI=1S/C12H18N2O/c1-10-4-6-14(12(15)7-10)9-11-3-2-5-13-8-11/h4,6-7,11,13H,2-3,5,8-9H2,1H3. The Hall–Kier alpha value is -1.09. The van der Waals surface area contributed by atoms with Crippen molar-refractivity contribution in [1.29, 1.82) is 0 Å². The van der Waals surface area contributed by atoms with Crippen molar-refractivity contribution in [2.24, 2.45) is 5.92 Å². The normalized spacial score (nSPS) is 21.5. The van der Waals surface area contributed by atoms with Crippen LogP contribution in [-0.4, -0.2) is 17.7 Å². The molecule has 1 aromatic rings. The molecule has 1 aliphatic heterocycles.